The van der Waals surface area contributed by atoms with Gasteiger partial charge < -0.3 is 0 Å². The third-order valence-corrected chi connectivity index (χ3v) is 3.13. The van der Waals surface area contributed by atoms with E-state index >= 15 is 0 Å². The first-order valence-corrected chi connectivity index (χ1v) is 5.30. The van der Waals surface area contributed by atoms with Crippen LogP contribution >= 0.6 is 0 Å². The van der Waals surface area contributed by atoms with Gasteiger partial charge in [-0.3, -0.25) is 0 Å². The lowest BCUT2D eigenvalue weighted by Crippen LogP contribution is -2.17. The summed E-state index contributed by atoms with van der Waals surface area (Å²) < 4.78 is 75.9. The van der Waals surface area contributed by atoms with Crippen LogP contribution in [0.4, 0.5) is 26.3 Å². The first-order valence-electron chi connectivity index (χ1n) is 5.30. The van der Waals surface area contributed by atoms with Crippen LogP contribution in [0.5, 0.6) is 0 Å². The highest BCUT2D eigenvalue weighted by Gasteiger charge is 2.50. The number of benzene rings is 1. The second-order valence-electron chi connectivity index (χ2n) is 4.45. The molecule has 0 unspecified atom stereocenters. The SMILES string of the molecule is N#CC1(c2ccc(C(F)(F)F)cc2C(F)(F)F)CC1. The number of rotatable bonds is 1. The number of alkyl halides is 6. The Bertz CT molecular complexity index is 545. The van der Waals surface area contributed by atoms with Crippen molar-refractivity contribution in [2.75, 3.05) is 0 Å². The number of nitriles is 1. The molecule has 19 heavy (non-hydrogen) atoms. The van der Waals surface area contributed by atoms with Gasteiger partial charge >= 0.3 is 12.4 Å². The molecular weight excluding hydrogens is 272 g/mol. The zero-order chi connectivity index (χ0) is 14.5. The molecule has 0 heterocycles. The maximum absolute atomic E-state index is 12.8. The zero-order valence-electron chi connectivity index (χ0n) is 9.36. The van der Waals surface area contributed by atoms with Crippen LogP contribution in [0.15, 0.2) is 18.2 Å². The van der Waals surface area contributed by atoms with Crippen molar-refractivity contribution in [3.63, 3.8) is 0 Å². The van der Waals surface area contributed by atoms with Crippen molar-refractivity contribution in [1.29, 1.82) is 5.26 Å². The largest absolute Gasteiger partial charge is 0.416 e. The van der Waals surface area contributed by atoms with Crippen LogP contribution in [0.2, 0.25) is 0 Å². The summed E-state index contributed by atoms with van der Waals surface area (Å²) in [6.07, 6.45) is -9.29. The molecule has 7 heteroatoms. The van der Waals surface area contributed by atoms with Gasteiger partial charge in [0.05, 0.1) is 22.6 Å². The van der Waals surface area contributed by atoms with Gasteiger partial charge in [-0.2, -0.15) is 31.6 Å². The number of halogens is 6. The van der Waals surface area contributed by atoms with Crippen LogP contribution in [-0.2, 0) is 17.8 Å². The summed E-state index contributed by atoms with van der Waals surface area (Å²) in [6, 6.07) is 3.19. The number of hydrogen-bond donors (Lipinski definition) is 0. The first-order chi connectivity index (χ1) is 8.60. The zero-order valence-corrected chi connectivity index (χ0v) is 9.36. The first kappa shape index (κ1) is 13.7. The van der Waals surface area contributed by atoms with E-state index in [0.29, 0.717) is 6.07 Å². The molecule has 1 aliphatic carbocycles. The molecule has 0 atom stereocenters. The summed E-state index contributed by atoms with van der Waals surface area (Å²) in [7, 11) is 0. The summed E-state index contributed by atoms with van der Waals surface area (Å²) >= 11 is 0. The van der Waals surface area contributed by atoms with Crippen molar-refractivity contribution >= 4 is 0 Å². The Morgan fingerprint density at radius 1 is 1.00 bits per heavy atom. The molecule has 1 saturated carbocycles. The smallest absolute Gasteiger partial charge is 0.197 e. The average Bonchev–Trinajstić information content (AvgIpc) is 3.06. The molecule has 2 rings (SSSR count). The normalized spacial score (nSPS) is 17.9. The Labute approximate surface area is 104 Å². The molecule has 0 radical (unpaired) electrons. The lowest BCUT2D eigenvalue weighted by atomic mass is 9.90. The highest BCUT2D eigenvalue weighted by atomic mass is 19.4. The van der Waals surface area contributed by atoms with Crippen LogP contribution in [0.3, 0.4) is 0 Å². The van der Waals surface area contributed by atoms with E-state index in [1.54, 1.807) is 6.07 Å². The molecule has 0 N–H and O–H groups in total. The fraction of sp³-hybridized carbons (Fsp3) is 0.417. The Morgan fingerprint density at radius 2 is 1.58 bits per heavy atom. The Kier molecular flexibility index (Phi) is 2.81. The van der Waals surface area contributed by atoms with Crippen molar-refractivity contribution in [2.24, 2.45) is 0 Å². The predicted octanol–water partition coefficient (Wildman–Crippen LogP) is 4.28. The fourth-order valence-electron chi connectivity index (χ4n) is 1.94. The summed E-state index contributed by atoms with van der Waals surface area (Å²) in [4.78, 5) is 0. The van der Waals surface area contributed by atoms with E-state index in [4.69, 9.17) is 5.26 Å². The summed E-state index contributed by atoms with van der Waals surface area (Å²) in [5.41, 5.74) is -4.39. The number of nitrogens with zero attached hydrogens (tertiary/aromatic N) is 1. The van der Waals surface area contributed by atoms with E-state index in [1.165, 1.54) is 0 Å². The molecule has 1 fully saturated rings. The van der Waals surface area contributed by atoms with Crippen LogP contribution < -0.4 is 0 Å². The third kappa shape index (κ3) is 2.39. The Balaban J connectivity index is 2.61. The van der Waals surface area contributed by atoms with E-state index in [0.717, 1.165) is 6.07 Å². The van der Waals surface area contributed by atoms with Gasteiger partial charge in [0, 0.05) is 0 Å². The van der Waals surface area contributed by atoms with Crippen LogP contribution in [-0.4, -0.2) is 0 Å². The summed E-state index contributed by atoms with van der Waals surface area (Å²) in [6.45, 7) is 0. The predicted molar refractivity (Wildman–Crippen MR) is 53.0 cm³/mol. The molecule has 1 aromatic rings. The average molecular weight is 279 g/mol. The van der Waals surface area contributed by atoms with Gasteiger partial charge in [-0.15, -0.1) is 0 Å². The van der Waals surface area contributed by atoms with Crippen molar-refractivity contribution in [1.82, 2.24) is 0 Å². The van der Waals surface area contributed by atoms with E-state index in [1.807, 2.05) is 0 Å². The molecule has 1 aromatic carbocycles. The molecule has 0 spiro atoms. The highest BCUT2D eigenvalue weighted by molar-refractivity contribution is 5.47. The summed E-state index contributed by atoms with van der Waals surface area (Å²) in [5, 5.41) is 8.89. The van der Waals surface area contributed by atoms with Gasteiger partial charge in [0.2, 0.25) is 0 Å². The second-order valence-corrected chi connectivity index (χ2v) is 4.45. The Morgan fingerprint density at radius 3 is 1.95 bits per heavy atom. The van der Waals surface area contributed by atoms with Crippen molar-refractivity contribution in [2.45, 2.75) is 30.6 Å². The number of hydrogen-bond acceptors (Lipinski definition) is 1. The third-order valence-electron chi connectivity index (χ3n) is 3.13. The Hall–Kier alpha value is -1.71. The van der Waals surface area contributed by atoms with Crippen molar-refractivity contribution in [3.05, 3.63) is 34.9 Å². The minimum absolute atomic E-state index is 0.0761. The highest BCUT2D eigenvalue weighted by Crippen LogP contribution is 2.52. The van der Waals surface area contributed by atoms with Crippen LogP contribution in [0.1, 0.15) is 29.5 Å². The molecule has 0 bridgehead atoms. The van der Waals surface area contributed by atoms with Crippen LogP contribution in [0.25, 0.3) is 0 Å². The molecule has 1 aliphatic rings. The van der Waals surface area contributed by atoms with Gasteiger partial charge in [0.15, 0.2) is 0 Å². The van der Waals surface area contributed by atoms with E-state index < -0.39 is 28.9 Å². The lowest BCUT2D eigenvalue weighted by Gasteiger charge is -2.18. The molecule has 0 amide bonds. The fourth-order valence-corrected chi connectivity index (χ4v) is 1.94. The quantitative estimate of drug-likeness (QED) is 0.704. The summed E-state index contributed by atoms with van der Waals surface area (Å²) in [5.74, 6) is 0. The minimum atomic E-state index is -4.91. The van der Waals surface area contributed by atoms with Gasteiger partial charge in [0.1, 0.15) is 0 Å². The maximum atomic E-state index is 12.8. The van der Waals surface area contributed by atoms with Gasteiger partial charge in [-0.25, -0.2) is 0 Å². The molecular formula is C12H7F6N. The molecule has 1 nitrogen and oxygen atoms in total. The van der Waals surface area contributed by atoms with Gasteiger partial charge in [-0.1, -0.05) is 6.07 Å². The monoisotopic (exact) mass is 279 g/mol. The maximum Gasteiger partial charge on any atom is 0.416 e. The van der Waals surface area contributed by atoms with Gasteiger partial charge in [-0.05, 0) is 30.5 Å². The van der Waals surface area contributed by atoms with E-state index in [2.05, 4.69) is 0 Å². The van der Waals surface area contributed by atoms with Gasteiger partial charge in [0.25, 0.3) is 0 Å². The van der Waals surface area contributed by atoms with Crippen molar-refractivity contribution in [3.8, 4) is 6.07 Å². The molecule has 0 aromatic heterocycles. The van der Waals surface area contributed by atoms with Crippen molar-refractivity contribution < 1.29 is 26.3 Å². The molecule has 102 valence electrons. The van der Waals surface area contributed by atoms with E-state index in [-0.39, 0.29) is 24.5 Å². The molecule has 0 aliphatic heterocycles. The topological polar surface area (TPSA) is 23.8 Å². The van der Waals surface area contributed by atoms with Crippen LogP contribution in [0, 0.1) is 11.3 Å². The lowest BCUT2D eigenvalue weighted by molar-refractivity contribution is -0.143. The van der Waals surface area contributed by atoms with E-state index in [9.17, 15) is 26.3 Å². The standard InChI is InChI=1S/C12H7F6N/c13-11(14,15)7-1-2-8(10(6-19)3-4-10)9(5-7)12(16,17)18/h1-2,5H,3-4H2. The second kappa shape index (κ2) is 3.89. The molecule has 0 saturated heterocycles. The minimum Gasteiger partial charge on any atom is -0.197 e.